The van der Waals surface area contributed by atoms with Gasteiger partial charge in [0.25, 0.3) is 10.0 Å². The zero-order valence-electron chi connectivity index (χ0n) is 25.1. The second-order valence-corrected chi connectivity index (χ2v) is 14.8. The van der Waals surface area contributed by atoms with Gasteiger partial charge < -0.3 is 9.47 Å². The highest BCUT2D eigenvalue weighted by Gasteiger charge is 2.22. The lowest BCUT2D eigenvalue weighted by atomic mass is 10.1. The van der Waals surface area contributed by atoms with Gasteiger partial charge >= 0.3 is 0 Å². The number of ether oxygens (including phenoxy) is 2. The predicted octanol–water partition coefficient (Wildman–Crippen LogP) is 6.15. The number of nitrogens with zero attached hydrogens (tertiary/aromatic N) is 4. The molecule has 0 aromatic heterocycles. The van der Waals surface area contributed by atoms with Gasteiger partial charge in [0, 0.05) is 51.3 Å². The van der Waals surface area contributed by atoms with Crippen molar-refractivity contribution >= 4 is 37.4 Å². The average Bonchev–Trinajstić information content (AvgIpc) is 3.05. The number of ketones is 1. The highest BCUT2D eigenvalue weighted by atomic mass is 32.2. The van der Waals surface area contributed by atoms with Gasteiger partial charge in [-0.2, -0.15) is 0 Å². The molecular formula is C32H32N4O7S3. The Balaban J connectivity index is 1.48. The lowest BCUT2D eigenvalue weighted by Gasteiger charge is -2.23. The molecule has 0 saturated carbocycles. The van der Waals surface area contributed by atoms with Crippen LogP contribution in [0.5, 0.6) is 11.5 Å². The van der Waals surface area contributed by atoms with Crippen LogP contribution in [0.4, 0.5) is 0 Å². The van der Waals surface area contributed by atoms with Gasteiger partial charge in [0.2, 0.25) is 0 Å². The van der Waals surface area contributed by atoms with Crippen LogP contribution in [0, 0.1) is 0 Å². The van der Waals surface area contributed by atoms with Crippen molar-refractivity contribution in [2.75, 3.05) is 32.3 Å². The van der Waals surface area contributed by atoms with E-state index in [-0.39, 0.29) is 15.4 Å². The Morgan fingerprint density at radius 1 is 0.804 bits per heavy atom. The number of Topliss-reactive ketones (excluding diaryl/α,β-unsaturated/α-hetero) is 1. The largest absolute Gasteiger partial charge is 0.497 e. The van der Waals surface area contributed by atoms with Crippen LogP contribution in [0.15, 0.2) is 116 Å². The zero-order valence-corrected chi connectivity index (χ0v) is 27.6. The summed E-state index contributed by atoms with van der Waals surface area (Å²) in [6.45, 7) is 1.64. The van der Waals surface area contributed by atoms with Crippen molar-refractivity contribution in [3.63, 3.8) is 0 Å². The van der Waals surface area contributed by atoms with Crippen molar-refractivity contribution < 1.29 is 31.1 Å². The monoisotopic (exact) mass is 680 g/mol. The van der Waals surface area contributed by atoms with Gasteiger partial charge in [-0.1, -0.05) is 42.5 Å². The molecule has 0 radical (unpaired) electrons. The molecule has 0 bridgehead atoms. The number of methoxy groups -OCH3 is 2. The Morgan fingerprint density at radius 3 is 1.87 bits per heavy atom. The van der Waals surface area contributed by atoms with Crippen molar-refractivity contribution in [3.8, 4) is 11.5 Å². The maximum atomic E-state index is 13.1. The molecule has 0 saturated heterocycles. The third kappa shape index (κ3) is 9.59. The quantitative estimate of drug-likeness (QED) is 0.0445. The van der Waals surface area contributed by atoms with Gasteiger partial charge in [-0.05, 0) is 65.2 Å². The molecular weight excluding hydrogens is 649 g/mol. The van der Waals surface area contributed by atoms with Gasteiger partial charge in [-0.15, -0.1) is 11.8 Å². The first-order chi connectivity index (χ1) is 22.0. The molecule has 46 heavy (non-hydrogen) atoms. The summed E-state index contributed by atoms with van der Waals surface area (Å²) in [5.41, 5.74) is 10.4. The van der Waals surface area contributed by atoms with Crippen LogP contribution < -0.4 is 9.47 Å². The van der Waals surface area contributed by atoms with Gasteiger partial charge in [0.1, 0.15) is 17.3 Å². The summed E-state index contributed by atoms with van der Waals surface area (Å²) in [6.07, 6.45) is 0. The van der Waals surface area contributed by atoms with E-state index in [1.165, 1.54) is 50.6 Å². The van der Waals surface area contributed by atoms with Gasteiger partial charge in [0.15, 0.2) is 15.6 Å². The Hall–Kier alpha value is -4.33. The summed E-state index contributed by atoms with van der Waals surface area (Å²) < 4.78 is 63.7. The van der Waals surface area contributed by atoms with Crippen LogP contribution in [-0.2, 0) is 33.0 Å². The van der Waals surface area contributed by atoms with E-state index in [4.69, 9.17) is 15.0 Å². The molecule has 4 aromatic rings. The summed E-state index contributed by atoms with van der Waals surface area (Å²) in [4.78, 5) is 18.5. The van der Waals surface area contributed by atoms with Crippen LogP contribution in [0.1, 0.15) is 21.5 Å². The van der Waals surface area contributed by atoms with E-state index in [0.717, 1.165) is 21.8 Å². The summed E-state index contributed by atoms with van der Waals surface area (Å²) in [5.74, 6) is 0.241. The normalized spacial score (nSPS) is 11.5. The maximum absolute atomic E-state index is 13.1. The molecule has 0 fully saturated rings. The summed E-state index contributed by atoms with van der Waals surface area (Å²) >= 11 is 1.70. The molecule has 0 N–H and O–H groups in total. The number of thioether (sulfide) groups is 1. The second-order valence-electron chi connectivity index (χ2n) is 10.1. The van der Waals surface area contributed by atoms with E-state index in [9.17, 15) is 21.6 Å². The number of benzene rings is 4. The second kappa shape index (κ2) is 15.8. The SMILES string of the molecule is COc1cc(OC)cc(C(=O)CS(=O)(=O)c2ccc(CN(CCSc3ccccc3)Cc3ccc(S(=O)(=O)N=[N+]=[N-])cc3)cc2)c1. The first-order valence-electron chi connectivity index (χ1n) is 13.9. The number of rotatable bonds is 16. The fraction of sp³-hybridized carbons (Fsp3) is 0.219. The van der Waals surface area contributed by atoms with E-state index >= 15 is 0 Å². The molecule has 0 atom stereocenters. The van der Waals surface area contributed by atoms with Crippen molar-refractivity contribution in [2.45, 2.75) is 27.8 Å². The number of azide groups is 1. The number of carbonyl (C=O) groups is 1. The number of hydrogen-bond acceptors (Lipinski definition) is 9. The van der Waals surface area contributed by atoms with Crippen LogP contribution in [0.2, 0.25) is 0 Å². The molecule has 0 aliphatic carbocycles. The molecule has 4 rings (SSSR count). The first kappa shape index (κ1) is 34.5. The number of carbonyl (C=O) groups excluding carboxylic acids is 1. The smallest absolute Gasteiger partial charge is 0.264 e. The molecule has 0 heterocycles. The topological polar surface area (TPSA) is 156 Å². The minimum absolute atomic E-state index is 0.0301. The fourth-order valence-corrected chi connectivity index (χ4v) is 7.35. The van der Waals surface area contributed by atoms with Crippen LogP contribution in [-0.4, -0.2) is 59.8 Å². The minimum Gasteiger partial charge on any atom is -0.497 e. The minimum atomic E-state index is -4.09. The molecule has 11 nitrogen and oxygen atoms in total. The van der Waals surface area contributed by atoms with E-state index in [1.807, 2.05) is 30.3 Å². The Kier molecular flexibility index (Phi) is 11.9. The van der Waals surface area contributed by atoms with Crippen LogP contribution >= 0.6 is 11.8 Å². The van der Waals surface area contributed by atoms with E-state index in [2.05, 4.69) is 14.3 Å². The van der Waals surface area contributed by atoms with Crippen molar-refractivity contribution in [2.24, 2.45) is 4.52 Å². The summed E-state index contributed by atoms with van der Waals surface area (Å²) in [6, 6.07) is 27.1. The van der Waals surface area contributed by atoms with Crippen molar-refractivity contribution in [1.82, 2.24) is 4.90 Å². The van der Waals surface area contributed by atoms with E-state index < -0.39 is 31.4 Å². The van der Waals surface area contributed by atoms with E-state index in [0.29, 0.717) is 31.1 Å². The van der Waals surface area contributed by atoms with Crippen molar-refractivity contribution in [3.05, 3.63) is 124 Å². The summed E-state index contributed by atoms with van der Waals surface area (Å²) in [5, 5.41) is 0. The number of sulfone groups is 1. The molecule has 240 valence electrons. The summed E-state index contributed by atoms with van der Waals surface area (Å²) in [7, 11) is -5.13. The lowest BCUT2D eigenvalue weighted by molar-refractivity contribution is 0.102. The van der Waals surface area contributed by atoms with Gasteiger partial charge in [-0.25, -0.2) is 16.8 Å². The van der Waals surface area contributed by atoms with Crippen LogP contribution in [0.25, 0.3) is 10.4 Å². The Bertz CT molecular complexity index is 1890. The Morgan fingerprint density at radius 2 is 1.35 bits per heavy atom. The number of sulfonamides is 1. The van der Waals surface area contributed by atoms with Gasteiger partial charge in [0.05, 0.1) is 24.0 Å². The predicted molar refractivity (Wildman–Crippen MR) is 176 cm³/mol. The third-order valence-electron chi connectivity index (χ3n) is 6.87. The highest BCUT2D eigenvalue weighted by Crippen LogP contribution is 2.25. The molecule has 0 aliphatic heterocycles. The zero-order chi connectivity index (χ0) is 33.2. The maximum Gasteiger partial charge on any atom is 0.264 e. The fourth-order valence-electron chi connectivity index (χ4n) is 4.51. The first-order valence-corrected chi connectivity index (χ1v) is 18.0. The molecule has 14 heteroatoms. The van der Waals surface area contributed by atoms with E-state index in [1.54, 1.807) is 42.1 Å². The molecule has 0 unspecified atom stereocenters. The lowest BCUT2D eigenvalue weighted by Crippen LogP contribution is -2.25. The van der Waals surface area contributed by atoms with Crippen LogP contribution in [0.3, 0.4) is 0 Å². The third-order valence-corrected chi connectivity index (χ3v) is 10.7. The standard InChI is InChI=1S/C32H32N4O7S3/c1-42-27-18-26(19-28(20-27)43-2)32(37)23-45(38,39)30-12-8-24(9-13-30)21-36(16-17-44-29-6-4-3-5-7-29)22-25-10-14-31(15-11-25)46(40,41)35-34-33/h3-15,18-20H,16-17,21-23H2,1-2H3. The highest BCUT2D eigenvalue weighted by molar-refractivity contribution is 7.99. The Labute approximate surface area is 272 Å². The molecule has 0 spiro atoms. The average molecular weight is 681 g/mol. The molecule has 0 amide bonds. The molecule has 4 aromatic carbocycles. The number of hydrogen-bond donors (Lipinski definition) is 0. The molecule has 0 aliphatic rings. The van der Waals surface area contributed by atoms with Crippen molar-refractivity contribution in [1.29, 1.82) is 0 Å². The van der Waals surface area contributed by atoms with Gasteiger partial charge in [-0.3, -0.25) is 9.69 Å².